The molecule has 2 amide bonds. The summed E-state index contributed by atoms with van der Waals surface area (Å²) in [6, 6.07) is 10.3. The monoisotopic (exact) mass is 534 g/mol. The number of anilines is 2. The molecule has 5 rings (SSSR count). The zero-order chi connectivity index (χ0) is 26.2. The van der Waals surface area contributed by atoms with Gasteiger partial charge in [-0.05, 0) is 49.2 Å². The van der Waals surface area contributed by atoms with E-state index in [-0.39, 0.29) is 41.5 Å². The Hall–Kier alpha value is -4.07. The molecule has 11 nitrogen and oxygen atoms in total. The molecule has 0 radical (unpaired) electrons. The lowest BCUT2D eigenvalue weighted by Gasteiger charge is -2.29. The molecule has 0 atom stereocenters. The third-order valence-corrected chi connectivity index (χ3v) is 7.67. The maximum atomic E-state index is 13.5. The standard InChI is InChI=1S/C23H20F2N4O7S/c24-23(25)35-18-6-5-17(11-19(18)36-23)29(22(31)15-7-9-37(32,33)10-8-15)12-20(30)27-16-3-1-14(2-4-16)21-26-13-34-28-21/h1-6,11,13,15H,7-10,12H2,(H,27,30). The summed E-state index contributed by atoms with van der Waals surface area (Å²) in [6.45, 7) is -0.454. The molecule has 37 heavy (non-hydrogen) atoms. The van der Waals surface area contributed by atoms with Crippen LogP contribution in [0.15, 0.2) is 53.4 Å². The normalized spacial score (nSPS) is 17.8. The molecule has 194 valence electrons. The summed E-state index contributed by atoms with van der Waals surface area (Å²) in [4.78, 5) is 31.4. The molecule has 1 aromatic heterocycles. The molecule has 0 spiro atoms. The van der Waals surface area contributed by atoms with Crippen molar-refractivity contribution in [3.05, 3.63) is 48.9 Å². The Balaban J connectivity index is 1.35. The molecule has 1 fully saturated rings. The first-order valence-corrected chi connectivity index (χ1v) is 13.0. The number of fused-ring (bicyclic) bond motifs is 1. The highest BCUT2D eigenvalue weighted by molar-refractivity contribution is 7.91. The van der Waals surface area contributed by atoms with Crippen LogP contribution in [-0.4, -0.2) is 54.7 Å². The van der Waals surface area contributed by atoms with Gasteiger partial charge in [0.05, 0.1) is 11.5 Å². The van der Waals surface area contributed by atoms with Crippen molar-refractivity contribution in [2.24, 2.45) is 5.92 Å². The zero-order valence-corrected chi connectivity index (χ0v) is 19.9. The highest BCUT2D eigenvalue weighted by Crippen LogP contribution is 2.43. The fourth-order valence-corrected chi connectivity index (χ4v) is 5.60. The first kappa shape index (κ1) is 24.6. The smallest absolute Gasteiger partial charge is 0.395 e. The Labute approximate surface area is 209 Å². The quantitative estimate of drug-likeness (QED) is 0.505. The summed E-state index contributed by atoms with van der Waals surface area (Å²) in [5.41, 5.74) is 1.22. The van der Waals surface area contributed by atoms with Gasteiger partial charge in [-0.25, -0.2) is 8.42 Å². The highest BCUT2D eigenvalue weighted by Gasteiger charge is 2.44. The molecule has 1 saturated heterocycles. The van der Waals surface area contributed by atoms with Gasteiger partial charge in [0, 0.05) is 28.9 Å². The van der Waals surface area contributed by atoms with Gasteiger partial charge in [0.15, 0.2) is 11.5 Å². The van der Waals surface area contributed by atoms with E-state index in [4.69, 9.17) is 4.52 Å². The van der Waals surface area contributed by atoms with Gasteiger partial charge < -0.3 is 24.2 Å². The molecule has 0 aliphatic carbocycles. The van der Waals surface area contributed by atoms with E-state index in [0.29, 0.717) is 17.1 Å². The molecule has 2 aliphatic rings. The number of aromatic nitrogens is 2. The Morgan fingerprint density at radius 3 is 2.43 bits per heavy atom. The van der Waals surface area contributed by atoms with E-state index in [1.165, 1.54) is 24.6 Å². The number of ether oxygens (including phenoxy) is 2. The maximum Gasteiger partial charge on any atom is 0.586 e. The van der Waals surface area contributed by atoms with Crippen molar-refractivity contribution in [2.45, 2.75) is 19.1 Å². The number of sulfone groups is 1. The third kappa shape index (κ3) is 5.53. The Morgan fingerprint density at radius 2 is 1.76 bits per heavy atom. The van der Waals surface area contributed by atoms with Crippen molar-refractivity contribution in [2.75, 3.05) is 28.3 Å². The largest absolute Gasteiger partial charge is 0.586 e. The average Bonchev–Trinajstić information content (AvgIpc) is 3.49. The topological polar surface area (TPSA) is 141 Å². The number of alkyl halides is 2. The van der Waals surface area contributed by atoms with Crippen LogP contribution in [0, 0.1) is 5.92 Å². The van der Waals surface area contributed by atoms with Gasteiger partial charge >= 0.3 is 6.29 Å². The number of nitrogens with zero attached hydrogens (tertiary/aromatic N) is 3. The van der Waals surface area contributed by atoms with Crippen molar-refractivity contribution in [3.63, 3.8) is 0 Å². The molecule has 2 aromatic carbocycles. The summed E-state index contributed by atoms with van der Waals surface area (Å²) in [6.07, 6.45) is -2.47. The minimum atomic E-state index is -3.85. The van der Waals surface area contributed by atoms with Gasteiger partial charge in [0.25, 0.3) is 0 Å². The first-order valence-electron chi connectivity index (χ1n) is 11.2. The molecular formula is C23H20F2N4O7S. The average molecular weight is 534 g/mol. The van der Waals surface area contributed by atoms with Gasteiger partial charge in [-0.2, -0.15) is 4.98 Å². The van der Waals surface area contributed by atoms with E-state index in [1.54, 1.807) is 24.3 Å². The van der Waals surface area contributed by atoms with Crippen molar-refractivity contribution in [1.29, 1.82) is 0 Å². The van der Waals surface area contributed by atoms with Crippen LogP contribution < -0.4 is 19.7 Å². The van der Waals surface area contributed by atoms with Crippen LogP contribution in [0.4, 0.5) is 20.2 Å². The number of hydrogen-bond donors (Lipinski definition) is 1. The predicted octanol–water partition coefficient (Wildman–Crippen LogP) is 2.85. The van der Waals surface area contributed by atoms with Crippen LogP contribution in [0.1, 0.15) is 12.8 Å². The van der Waals surface area contributed by atoms with Gasteiger partial charge in [-0.15, -0.1) is 8.78 Å². The molecule has 1 N–H and O–H groups in total. The van der Waals surface area contributed by atoms with E-state index in [9.17, 15) is 26.8 Å². The van der Waals surface area contributed by atoms with Crippen LogP contribution in [-0.2, 0) is 19.4 Å². The molecule has 14 heteroatoms. The number of hydrogen-bond acceptors (Lipinski definition) is 9. The van der Waals surface area contributed by atoms with Crippen molar-refractivity contribution in [1.82, 2.24) is 10.1 Å². The Bertz CT molecular complexity index is 1420. The van der Waals surface area contributed by atoms with Gasteiger partial charge in [-0.3, -0.25) is 9.59 Å². The molecule has 2 aliphatic heterocycles. The van der Waals surface area contributed by atoms with Gasteiger partial charge in [-0.1, -0.05) is 5.16 Å². The summed E-state index contributed by atoms with van der Waals surface area (Å²) >= 11 is 0. The summed E-state index contributed by atoms with van der Waals surface area (Å²) < 4.78 is 64.3. The van der Waals surface area contributed by atoms with Crippen molar-refractivity contribution >= 4 is 33.0 Å². The van der Waals surface area contributed by atoms with Crippen LogP contribution in [0.2, 0.25) is 0 Å². The summed E-state index contributed by atoms with van der Waals surface area (Å²) in [5.74, 6) is -2.14. The molecule has 0 saturated carbocycles. The Kier molecular flexibility index (Phi) is 6.27. The van der Waals surface area contributed by atoms with Crippen LogP contribution in [0.5, 0.6) is 11.5 Å². The van der Waals surface area contributed by atoms with Crippen LogP contribution >= 0.6 is 0 Å². The minimum absolute atomic E-state index is 0.0967. The molecule has 3 heterocycles. The predicted molar refractivity (Wildman–Crippen MR) is 125 cm³/mol. The molecule has 0 unspecified atom stereocenters. The summed E-state index contributed by atoms with van der Waals surface area (Å²) in [7, 11) is -3.23. The number of halogens is 2. The Morgan fingerprint density at radius 1 is 1.05 bits per heavy atom. The number of carbonyl (C=O) groups is 2. The summed E-state index contributed by atoms with van der Waals surface area (Å²) in [5, 5.41) is 6.42. The molecular weight excluding hydrogens is 514 g/mol. The number of carbonyl (C=O) groups excluding carboxylic acids is 2. The third-order valence-electron chi connectivity index (χ3n) is 5.96. The van der Waals surface area contributed by atoms with Crippen LogP contribution in [0.25, 0.3) is 11.4 Å². The van der Waals surface area contributed by atoms with Crippen LogP contribution in [0.3, 0.4) is 0 Å². The second-order valence-electron chi connectivity index (χ2n) is 8.53. The molecule has 3 aromatic rings. The lowest BCUT2D eigenvalue weighted by atomic mass is 10.0. The lowest BCUT2D eigenvalue weighted by molar-refractivity contribution is -0.286. The SMILES string of the molecule is O=C(CN(C(=O)C1CCS(=O)(=O)CC1)c1ccc2c(c1)OC(F)(F)O2)Nc1ccc(-c2ncon2)cc1. The maximum absolute atomic E-state index is 13.5. The van der Waals surface area contributed by atoms with Crippen molar-refractivity contribution < 1.29 is 40.8 Å². The first-order chi connectivity index (χ1) is 17.6. The number of nitrogens with one attached hydrogen (secondary N) is 1. The number of rotatable bonds is 6. The highest BCUT2D eigenvalue weighted by atomic mass is 32.2. The van der Waals surface area contributed by atoms with Crippen molar-refractivity contribution in [3.8, 4) is 22.9 Å². The second kappa shape index (κ2) is 9.42. The van der Waals surface area contributed by atoms with E-state index in [0.717, 1.165) is 4.90 Å². The van der Waals surface area contributed by atoms with E-state index in [2.05, 4.69) is 24.9 Å². The second-order valence-corrected chi connectivity index (χ2v) is 10.8. The number of benzene rings is 2. The van der Waals surface area contributed by atoms with E-state index >= 15 is 0 Å². The zero-order valence-electron chi connectivity index (χ0n) is 19.1. The number of amides is 2. The van der Waals surface area contributed by atoms with Gasteiger partial charge in [0.2, 0.25) is 24.0 Å². The fourth-order valence-electron chi connectivity index (χ4n) is 4.10. The lowest BCUT2D eigenvalue weighted by Crippen LogP contribution is -2.43. The van der Waals surface area contributed by atoms with E-state index in [1.807, 2.05) is 0 Å². The van der Waals surface area contributed by atoms with Gasteiger partial charge in [0.1, 0.15) is 16.4 Å². The minimum Gasteiger partial charge on any atom is -0.395 e. The fraction of sp³-hybridized carbons (Fsp3) is 0.304. The molecule has 0 bridgehead atoms. The van der Waals surface area contributed by atoms with E-state index < -0.39 is 40.4 Å².